The summed E-state index contributed by atoms with van der Waals surface area (Å²) in [5.74, 6) is 0.846. The molecule has 2 nitrogen and oxygen atoms in total. The number of para-hydroxylation sites is 1. The average Bonchev–Trinajstić information content (AvgIpc) is 2.80. The number of benzene rings is 2. The minimum atomic E-state index is 0.822. The Morgan fingerprint density at radius 1 is 1.21 bits per heavy atom. The highest BCUT2D eigenvalue weighted by Gasteiger charge is 2.06. The largest absolute Gasteiger partial charge is 0.398 e. The third kappa shape index (κ3) is 2.94. The highest BCUT2D eigenvalue weighted by Crippen LogP contribution is 2.32. The number of anilines is 1. The molecule has 0 bridgehead atoms. The molecule has 0 aliphatic heterocycles. The fraction of sp³-hybridized carbons (Fsp3) is 0.0714. The van der Waals surface area contributed by atoms with Crippen molar-refractivity contribution in [2.24, 2.45) is 0 Å². The Morgan fingerprint density at radius 2 is 2.05 bits per heavy atom. The zero-order valence-corrected chi connectivity index (χ0v) is 13.2. The smallest absolute Gasteiger partial charge is 0.151 e. The number of thioether (sulfide) groups is 1. The molecule has 0 unspecified atom stereocenters. The number of hydrogen-bond acceptors (Lipinski definition) is 4. The Morgan fingerprint density at radius 3 is 2.84 bits per heavy atom. The number of aromatic nitrogens is 1. The van der Waals surface area contributed by atoms with Gasteiger partial charge in [-0.25, -0.2) is 4.98 Å². The number of hydrogen-bond donors (Lipinski definition) is 1. The first-order valence-corrected chi connectivity index (χ1v) is 8.34. The van der Waals surface area contributed by atoms with Gasteiger partial charge < -0.3 is 5.73 Å². The molecule has 0 fully saturated rings. The normalized spacial score (nSPS) is 11.0. The van der Waals surface area contributed by atoms with Gasteiger partial charge in [-0.2, -0.15) is 0 Å². The molecule has 0 spiro atoms. The van der Waals surface area contributed by atoms with Crippen LogP contribution in [0.4, 0.5) is 5.69 Å². The van der Waals surface area contributed by atoms with E-state index in [-0.39, 0.29) is 0 Å². The lowest BCUT2D eigenvalue weighted by Gasteiger charge is -2.04. The van der Waals surface area contributed by atoms with E-state index in [0.29, 0.717) is 0 Å². The van der Waals surface area contributed by atoms with Crippen LogP contribution in [0.5, 0.6) is 0 Å². The van der Waals surface area contributed by atoms with E-state index >= 15 is 0 Å². The first-order valence-electron chi connectivity index (χ1n) is 5.74. The molecule has 0 amide bonds. The quantitative estimate of drug-likeness (QED) is 0.537. The fourth-order valence-corrected chi connectivity index (χ4v) is 4.21. The van der Waals surface area contributed by atoms with Crippen LogP contribution in [0.15, 0.2) is 51.3 Å². The second-order valence-electron chi connectivity index (χ2n) is 4.08. The van der Waals surface area contributed by atoms with Gasteiger partial charge in [-0.3, -0.25) is 0 Å². The molecular weight excluding hydrogens is 340 g/mol. The van der Waals surface area contributed by atoms with Crippen molar-refractivity contribution in [1.29, 1.82) is 0 Å². The van der Waals surface area contributed by atoms with E-state index in [1.54, 1.807) is 23.1 Å². The van der Waals surface area contributed by atoms with Crippen molar-refractivity contribution in [2.75, 3.05) is 5.73 Å². The third-order valence-corrected chi connectivity index (χ3v) is 5.45. The zero-order valence-electron chi connectivity index (χ0n) is 9.97. The maximum atomic E-state index is 6.00. The summed E-state index contributed by atoms with van der Waals surface area (Å²) >= 11 is 6.88. The monoisotopic (exact) mass is 350 g/mol. The summed E-state index contributed by atoms with van der Waals surface area (Å²) in [6, 6.07) is 14.2. The Bertz CT molecular complexity index is 691. The van der Waals surface area contributed by atoms with Gasteiger partial charge in [0.2, 0.25) is 0 Å². The van der Waals surface area contributed by atoms with Gasteiger partial charge in [0.1, 0.15) is 0 Å². The molecule has 1 heterocycles. The van der Waals surface area contributed by atoms with E-state index < -0.39 is 0 Å². The molecular formula is C14H11BrN2S2. The third-order valence-electron chi connectivity index (χ3n) is 2.73. The minimum absolute atomic E-state index is 0.822. The first kappa shape index (κ1) is 13.0. The standard InChI is InChI=1S/C14H11BrN2S2/c15-10-6-5-9(11(16)7-10)8-18-14-17-12-3-1-2-4-13(12)19-14/h1-7H,8,16H2. The molecule has 0 saturated carbocycles. The van der Waals surface area contributed by atoms with Crippen LogP contribution in [0.2, 0.25) is 0 Å². The van der Waals surface area contributed by atoms with Gasteiger partial charge in [0, 0.05) is 15.9 Å². The molecule has 1 aromatic heterocycles. The van der Waals surface area contributed by atoms with Gasteiger partial charge in [0.05, 0.1) is 10.2 Å². The molecule has 0 aliphatic rings. The summed E-state index contributed by atoms with van der Waals surface area (Å²) in [5, 5.41) is 0. The Kier molecular flexibility index (Phi) is 3.77. The Labute approximate surface area is 128 Å². The second kappa shape index (κ2) is 5.53. The second-order valence-corrected chi connectivity index (χ2v) is 7.25. The van der Waals surface area contributed by atoms with Gasteiger partial charge in [-0.15, -0.1) is 11.3 Å². The van der Waals surface area contributed by atoms with Crippen LogP contribution in [0.25, 0.3) is 10.2 Å². The van der Waals surface area contributed by atoms with E-state index in [2.05, 4.69) is 33.0 Å². The topological polar surface area (TPSA) is 38.9 Å². The predicted octanol–water partition coefficient (Wildman–Crippen LogP) is 4.93. The van der Waals surface area contributed by atoms with Gasteiger partial charge in [-0.1, -0.05) is 45.9 Å². The molecule has 0 radical (unpaired) electrons. The average molecular weight is 351 g/mol. The summed E-state index contributed by atoms with van der Waals surface area (Å²) < 4.78 is 3.33. The SMILES string of the molecule is Nc1cc(Br)ccc1CSc1nc2ccccc2s1. The Balaban J connectivity index is 1.78. The molecule has 2 N–H and O–H groups in total. The van der Waals surface area contributed by atoms with Crippen LogP contribution in [-0.2, 0) is 5.75 Å². The van der Waals surface area contributed by atoms with Gasteiger partial charge >= 0.3 is 0 Å². The van der Waals surface area contributed by atoms with Crippen LogP contribution in [0.3, 0.4) is 0 Å². The molecule has 19 heavy (non-hydrogen) atoms. The van der Waals surface area contributed by atoms with Crippen molar-refractivity contribution in [3.8, 4) is 0 Å². The highest BCUT2D eigenvalue weighted by molar-refractivity contribution is 9.10. The number of nitrogens with two attached hydrogens (primary N) is 1. The molecule has 0 aliphatic carbocycles. The zero-order chi connectivity index (χ0) is 13.2. The summed E-state index contributed by atoms with van der Waals surface area (Å²) in [7, 11) is 0. The van der Waals surface area contributed by atoms with Gasteiger partial charge in [0.15, 0.2) is 4.34 Å². The van der Waals surface area contributed by atoms with Crippen molar-refractivity contribution >= 4 is 54.9 Å². The summed E-state index contributed by atoms with van der Waals surface area (Å²) in [6.07, 6.45) is 0. The lowest BCUT2D eigenvalue weighted by Crippen LogP contribution is -1.92. The summed E-state index contributed by atoms with van der Waals surface area (Å²) in [6.45, 7) is 0. The number of fused-ring (bicyclic) bond motifs is 1. The van der Waals surface area contributed by atoms with Crippen LogP contribution in [-0.4, -0.2) is 4.98 Å². The van der Waals surface area contributed by atoms with Crippen molar-refractivity contribution in [1.82, 2.24) is 4.98 Å². The highest BCUT2D eigenvalue weighted by atomic mass is 79.9. The molecule has 0 atom stereocenters. The first-order chi connectivity index (χ1) is 9.22. The number of nitrogen functional groups attached to an aromatic ring is 1. The maximum Gasteiger partial charge on any atom is 0.151 e. The van der Waals surface area contributed by atoms with Crippen LogP contribution >= 0.6 is 39.0 Å². The molecule has 3 rings (SSSR count). The van der Waals surface area contributed by atoms with Crippen LogP contribution in [0.1, 0.15) is 5.56 Å². The lowest BCUT2D eigenvalue weighted by atomic mass is 10.2. The van der Waals surface area contributed by atoms with E-state index in [4.69, 9.17) is 5.73 Å². The fourth-order valence-electron chi connectivity index (χ4n) is 1.75. The van der Waals surface area contributed by atoms with Crippen molar-refractivity contribution in [3.05, 3.63) is 52.5 Å². The lowest BCUT2D eigenvalue weighted by molar-refractivity contribution is 1.29. The van der Waals surface area contributed by atoms with E-state index in [9.17, 15) is 0 Å². The number of halogens is 1. The molecule has 5 heteroatoms. The van der Waals surface area contributed by atoms with Gasteiger partial charge in [-0.05, 0) is 29.8 Å². The maximum absolute atomic E-state index is 6.00. The van der Waals surface area contributed by atoms with Crippen molar-refractivity contribution in [3.63, 3.8) is 0 Å². The van der Waals surface area contributed by atoms with Crippen LogP contribution < -0.4 is 5.73 Å². The van der Waals surface area contributed by atoms with E-state index in [1.165, 1.54) is 4.70 Å². The van der Waals surface area contributed by atoms with Crippen molar-refractivity contribution < 1.29 is 0 Å². The summed E-state index contributed by atoms with van der Waals surface area (Å²) in [5.41, 5.74) is 9.04. The van der Waals surface area contributed by atoms with Crippen molar-refractivity contribution in [2.45, 2.75) is 10.1 Å². The number of rotatable bonds is 3. The molecule has 0 saturated heterocycles. The van der Waals surface area contributed by atoms with Gasteiger partial charge in [0.25, 0.3) is 0 Å². The van der Waals surface area contributed by atoms with E-state index in [1.807, 2.05) is 30.3 Å². The predicted molar refractivity (Wildman–Crippen MR) is 87.7 cm³/mol. The minimum Gasteiger partial charge on any atom is -0.398 e. The molecule has 96 valence electrons. The Hall–Kier alpha value is -1.04. The number of thiazole rings is 1. The van der Waals surface area contributed by atoms with Crippen LogP contribution in [0, 0.1) is 0 Å². The summed E-state index contributed by atoms with van der Waals surface area (Å²) in [4.78, 5) is 4.61. The van der Waals surface area contributed by atoms with E-state index in [0.717, 1.165) is 31.3 Å². The molecule has 3 aromatic rings. The molecule has 2 aromatic carbocycles. The number of nitrogens with zero attached hydrogens (tertiary/aromatic N) is 1.